The summed E-state index contributed by atoms with van der Waals surface area (Å²) in [5.41, 5.74) is 0. The van der Waals surface area contributed by atoms with Gasteiger partial charge in [-0.3, -0.25) is 4.99 Å². The second-order valence-electron chi connectivity index (χ2n) is 6.46. The third-order valence-electron chi connectivity index (χ3n) is 4.43. The van der Waals surface area contributed by atoms with Gasteiger partial charge in [-0.05, 0) is 39.4 Å². The van der Waals surface area contributed by atoms with E-state index >= 15 is 0 Å². The Balaban J connectivity index is 1.80. The Morgan fingerprint density at radius 1 is 1.54 bits per heavy atom. The van der Waals surface area contributed by atoms with E-state index in [9.17, 15) is 4.39 Å². The van der Waals surface area contributed by atoms with Gasteiger partial charge in [0.05, 0.1) is 0 Å². The predicted octanol–water partition coefficient (Wildman–Crippen LogP) is 1.30. The summed E-state index contributed by atoms with van der Waals surface area (Å²) >= 11 is 0. The number of hydrogen-bond acceptors (Lipinski definition) is 4. The van der Waals surface area contributed by atoms with Crippen LogP contribution in [-0.4, -0.2) is 68.2 Å². The van der Waals surface area contributed by atoms with Gasteiger partial charge in [0.2, 0.25) is 0 Å². The van der Waals surface area contributed by atoms with Gasteiger partial charge in [0, 0.05) is 51.5 Å². The summed E-state index contributed by atoms with van der Waals surface area (Å²) in [6, 6.07) is 3.83. The number of rotatable bonds is 6. The minimum absolute atomic E-state index is 0.237. The van der Waals surface area contributed by atoms with Crippen molar-refractivity contribution in [2.45, 2.75) is 32.4 Å². The van der Waals surface area contributed by atoms with Crippen molar-refractivity contribution in [1.29, 1.82) is 0 Å². The molecule has 0 aromatic carbocycles. The molecule has 2 heterocycles. The average Bonchev–Trinajstić information content (AvgIpc) is 3.02. The summed E-state index contributed by atoms with van der Waals surface area (Å²) in [6.07, 6.45) is 2.56. The fourth-order valence-electron chi connectivity index (χ4n) is 2.68. The van der Waals surface area contributed by atoms with E-state index in [-0.39, 0.29) is 11.9 Å². The molecular formula is C17H29FN6. The molecule has 0 saturated carbocycles. The van der Waals surface area contributed by atoms with Crippen molar-refractivity contribution in [3.05, 3.63) is 24.1 Å². The summed E-state index contributed by atoms with van der Waals surface area (Å²) in [5.74, 6) is 0.959. The topological polar surface area (TPSA) is 55.8 Å². The molecule has 0 radical (unpaired) electrons. The van der Waals surface area contributed by atoms with Crippen LogP contribution in [-0.2, 0) is 0 Å². The molecule has 6 nitrogen and oxygen atoms in total. The lowest BCUT2D eigenvalue weighted by Crippen LogP contribution is -2.46. The van der Waals surface area contributed by atoms with Gasteiger partial charge in [0.25, 0.3) is 0 Å². The van der Waals surface area contributed by atoms with Crippen LogP contribution in [0.15, 0.2) is 23.3 Å². The second-order valence-corrected chi connectivity index (χ2v) is 6.46. The molecule has 1 atom stereocenters. The van der Waals surface area contributed by atoms with Gasteiger partial charge in [-0.2, -0.15) is 0 Å². The molecule has 1 aliphatic heterocycles. The van der Waals surface area contributed by atoms with Crippen molar-refractivity contribution in [3.63, 3.8) is 0 Å². The first-order valence-corrected chi connectivity index (χ1v) is 8.54. The van der Waals surface area contributed by atoms with Gasteiger partial charge in [-0.1, -0.05) is 0 Å². The number of guanidine groups is 1. The molecule has 2 rings (SSSR count). The molecule has 134 valence electrons. The number of pyridine rings is 1. The largest absolute Gasteiger partial charge is 0.355 e. The minimum Gasteiger partial charge on any atom is -0.355 e. The van der Waals surface area contributed by atoms with Gasteiger partial charge in [-0.15, -0.1) is 0 Å². The Morgan fingerprint density at radius 2 is 2.33 bits per heavy atom. The Bertz CT molecular complexity index is 548. The molecule has 2 N–H and O–H groups in total. The summed E-state index contributed by atoms with van der Waals surface area (Å²) in [5, 5.41) is 6.75. The molecule has 1 aromatic heterocycles. The standard InChI is InChI=1S/C17H29FN6/c1-13(2)23(4)11-9-21-17(19-3)22-14-7-10-24(12-14)16-15(18)6-5-8-20-16/h5-6,8,13-14H,7,9-12H2,1-4H3,(H2,19,21,22). The van der Waals surface area contributed by atoms with E-state index in [1.165, 1.54) is 6.07 Å². The molecule has 1 saturated heterocycles. The van der Waals surface area contributed by atoms with Gasteiger partial charge in [0.1, 0.15) is 0 Å². The van der Waals surface area contributed by atoms with Crippen LogP contribution in [0.4, 0.5) is 10.2 Å². The molecule has 1 fully saturated rings. The summed E-state index contributed by atoms with van der Waals surface area (Å²) in [4.78, 5) is 12.7. The number of anilines is 1. The number of halogens is 1. The van der Waals surface area contributed by atoms with Crippen LogP contribution in [0, 0.1) is 5.82 Å². The number of nitrogens with zero attached hydrogens (tertiary/aromatic N) is 4. The lowest BCUT2D eigenvalue weighted by molar-refractivity contribution is 0.278. The molecule has 0 amide bonds. The van der Waals surface area contributed by atoms with Crippen molar-refractivity contribution >= 4 is 11.8 Å². The maximum absolute atomic E-state index is 13.8. The summed E-state index contributed by atoms with van der Waals surface area (Å²) < 4.78 is 13.8. The highest BCUT2D eigenvalue weighted by molar-refractivity contribution is 5.80. The lowest BCUT2D eigenvalue weighted by Gasteiger charge is -2.23. The van der Waals surface area contributed by atoms with Crippen molar-refractivity contribution in [2.75, 3.05) is 45.2 Å². The quantitative estimate of drug-likeness (QED) is 0.606. The second kappa shape index (κ2) is 8.82. The zero-order valence-electron chi connectivity index (χ0n) is 15.1. The third kappa shape index (κ3) is 5.06. The van der Waals surface area contributed by atoms with E-state index in [4.69, 9.17) is 0 Å². The van der Waals surface area contributed by atoms with Crippen molar-refractivity contribution < 1.29 is 4.39 Å². The highest BCUT2D eigenvalue weighted by Crippen LogP contribution is 2.20. The van der Waals surface area contributed by atoms with E-state index in [1.807, 2.05) is 4.90 Å². The third-order valence-corrected chi connectivity index (χ3v) is 4.43. The summed E-state index contributed by atoms with van der Waals surface area (Å²) in [7, 11) is 3.88. The van der Waals surface area contributed by atoms with Crippen molar-refractivity contribution in [2.24, 2.45) is 4.99 Å². The van der Waals surface area contributed by atoms with Gasteiger partial charge >= 0.3 is 0 Å². The van der Waals surface area contributed by atoms with Crippen LogP contribution >= 0.6 is 0 Å². The van der Waals surface area contributed by atoms with Crippen LogP contribution in [0.25, 0.3) is 0 Å². The predicted molar refractivity (Wildman–Crippen MR) is 97.1 cm³/mol. The lowest BCUT2D eigenvalue weighted by atomic mass is 10.3. The van der Waals surface area contributed by atoms with E-state index in [2.05, 4.69) is 46.4 Å². The van der Waals surface area contributed by atoms with Gasteiger partial charge < -0.3 is 20.4 Å². The van der Waals surface area contributed by atoms with E-state index in [0.717, 1.165) is 38.6 Å². The zero-order valence-corrected chi connectivity index (χ0v) is 15.1. The molecular weight excluding hydrogens is 307 g/mol. The average molecular weight is 336 g/mol. The molecule has 0 spiro atoms. The Labute approximate surface area is 144 Å². The number of likely N-dealkylation sites (N-methyl/N-ethyl adjacent to an activating group) is 1. The first-order valence-electron chi connectivity index (χ1n) is 8.54. The molecule has 0 aliphatic carbocycles. The number of nitrogens with one attached hydrogen (secondary N) is 2. The molecule has 1 unspecified atom stereocenters. The SMILES string of the molecule is CN=C(NCCN(C)C(C)C)NC1CCN(c2ncccc2F)C1. The zero-order chi connectivity index (χ0) is 17.5. The maximum atomic E-state index is 13.8. The molecule has 1 aliphatic rings. The van der Waals surface area contributed by atoms with Crippen LogP contribution in [0.3, 0.4) is 0 Å². The maximum Gasteiger partial charge on any atom is 0.191 e. The van der Waals surface area contributed by atoms with E-state index < -0.39 is 0 Å². The fourth-order valence-corrected chi connectivity index (χ4v) is 2.68. The van der Waals surface area contributed by atoms with Gasteiger partial charge in [-0.25, -0.2) is 9.37 Å². The van der Waals surface area contributed by atoms with Crippen molar-refractivity contribution in [3.8, 4) is 0 Å². The normalized spacial score (nSPS) is 18.5. The molecule has 0 bridgehead atoms. The highest BCUT2D eigenvalue weighted by Gasteiger charge is 2.25. The van der Waals surface area contributed by atoms with E-state index in [0.29, 0.717) is 11.9 Å². The minimum atomic E-state index is -0.266. The molecule has 1 aromatic rings. The number of hydrogen-bond donors (Lipinski definition) is 2. The smallest absolute Gasteiger partial charge is 0.191 e. The van der Waals surface area contributed by atoms with Gasteiger partial charge in [0.15, 0.2) is 17.6 Å². The van der Waals surface area contributed by atoms with Crippen LogP contribution in [0.5, 0.6) is 0 Å². The number of aliphatic imine (C=N–C) groups is 1. The van der Waals surface area contributed by atoms with Crippen molar-refractivity contribution in [1.82, 2.24) is 20.5 Å². The molecule has 7 heteroatoms. The Morgan fingerprint density at radius 3 is 3.00 bits per heavy atom. The van der Waals surface area contributed by atoms with Crippen LogP contribution in [0.2, 0.25) is 0 Å². The first-order chi connectivity index (χ1) is 11.5. The number of aromatic nitrogens is 1. The highest BCUT2D eigenvalue weighted by atomic mass is 19.1. The van der Waals surface area contributed by atoms with E-state index in [1.54, 1.807) is 19.3 Å². The summed E-state index contributed by atoms with van der Waals surface area (Å²) in [6.45, 7) is 7.65. The van der Waals surface area contributed by atoms with Crippen LogP contribution in [0.1, 0.15) is 20.3 Å². The Hall–Kier alpha value is -1.89. The first kappa shape index (κ1) is 18.4. The Kier molecular flexibility index (Phi) is 6.78. The van der Waals surface area contributed by atoms with Crippen LogP contribution < -0.4 is 15.5 Å². The molecule has 24 heavy (non-hydrogen) atoms. The fraction of sp³-hybridized carbons (Fsp3) is 0.647. The monoisotopic (exact) mass is 336 g/mol.